The van der Waals surface area contributed by atoms with Crippen LogP contribution in [-0.2, 0) is 11.8 Å². The third-order valence-corrected chi connectivity index (χ3v) is 5.99. The predicted molar refractivity (Wildman–Crippen MR) is 92.6 cm³/mol. The molecule has 2 aliphatic heterocycles. The first-order chi connectivity index (χ1) is 11.3. The van der Waals surface area contributed by atoms with Gasteiger partial charge in [-0.15, -0.1) is 0 Å². The van der Waals surface area contributed by atoms with Crippen molar-refractivity contribution in [1.82, 2.24) is 5.32 Å². The first-order valence-electron chi connectivity index (χ1n) is 8.72. The fourth-order valence-corrected chi connectivity index (χ4v) is 5.12. The standard InChI is InChI=1S/C16H21N.C3H2N2O/c1-2-6-13-12(5-1)11-15-14-7-3-4-8-16(13,14)9-10-17-15;6-3-4-1-2-5-3/h1-2,5-6,14-15,17H,3-4,7-11H2;1-2H/t14-,15+,16-;/m0./s1. The van der Waals surface area contributed by atoms with Crippen LogP contribution in [0.5, 0.6) is 0 Å². The van der Waals surface area contributed by atoms with E-state index in [1.165, 1.54) is 57.5 Å². The third kappa shape index (κ3) is 2.55. The minimum Gasteiger partial charge on any atom is -0.313 e. The number of nitrogens with zero attached hydrogens (tertiary/aromatic N) is 2. The minimum atomic E-state index is -0.407. The van der Waals surface area contributed by atoms with Crippen molar-refractivity contribution in [3.63, 3.8) is 0 Å². The Morgan fingerprint density at radius 3 is 2.70 bits per heavy atom. The SMILES string of the molecule is O=C1N=CC=N1.c1ccc2c(c1)C[C@H]1NCC[C@@]23CCCC[C@@H]13. The second-order valence-electron chi connectivity index (χ2n) is 7.02. The van der Waals surface area contributed by atoms with Crippen LogP contribution in [0.3, 0.4) is 0 Å². The van der Waals surface area contributed by atoms with E-state index in [-0.39, 0.29) is 0 Å². The highest BCUT2D eigenvalue weighted by atomic mass is 16.2. The van der Waals surface area contributed by atoms with Crippen molar-refractivity contribution in [2.24, 2.45) is 15.9 Å². The smallest absolute Gasteiger partial charge is 0.313 e. The number of aliphatic imine (C=N–C) groups is 2. The number of hydrogen-bond acceptors (Lipinski definition) is 2. The maximum Gasteiger partial charge on any atom is 0.367 e. The van der Waals surface area contributed by atoms with Gasteiger partial charge >= 0.3 is 6.03 Å². The van der Waals surface area contributed by atoms with E-state index < -0.39 is 6.03 Å². The summed E-state index contributed by atoms with van der Waals surface area (Å²) in [5.41, 5.74) is 3.88. The fraction of sp³-hybridized carbons (Fsp3) is 0.526. The molecule has 1 aromatic rings. The molecule has 1 saturated heterocycles. The number of fused-ring (bicyclic) bond motifs is 1. The largest absolute Gasteiger partial charge is 0.367 e. The Kier molecular flexibility index (Phi) is 3.85. The molecule has 23 heavy (non-hydrogen) atoms. The van der Waals surface area contributed by atoms with Crippen molar-refractivity contribution in [3.05, 3.63) is 35.4 Å². The van der Waals surface area contributed by atoms with E-state index in [0.717, 1.165) is 12.0 Å². The van der Waals surface area contributed by atoms with Crippen LogP contribution in [-0.4, -0.2) is 31.0 Å². The zero-order valence-corrected chi connectivity index (χ0v) is 13.4. The summed E-state index contributed by atoms with van der Waals surface area (Å²) in [5.74, 6) is 0.917. The topological polar surface area (TPSA) is 53.8 Å². The highest BCUT2D eigenvalue weighted by Gasteiger charge is 2.51. The second-order valence-corrected chi connectivity index (χ2v) is 7.02. The maximum absolute atomic E-state index is 9.85. The van der Waals surface area contributed by atoms with Crippen LogP contribution in [0, 0.1) is 5.92 Å². The summed E-state index contributed by atoms with van der Waals surface area (Å²) in [6.07, 6.45) is 11.1. The molecule has 0 spiro atoms. The second kappa shape index (κ2) is 6.00. The van der Waals surface area contributed by atoms with Crippen molar-refractivity contribution < 1.29 is 4.79 Å². The molecule has 0 radical (unpaired) electrons. The van der Waals surface area contributed by atoms with Crippen molar-refractivity contribution >= 4 is 18.5 Å². The quantitative estimate of drug-likeness (QED) is 0.799. The van der Waals surface area contributed by atoms with E-state index in [9.17, 15) is 4.79 Å². The lowest BCUT2D eigenvalue weighted by atomic mass is 9.53. The summed E-state index contributed by atoms with van der Waals surface area (Å²) in [5, 5.41) is 3.79. The van der Waals surface area contributed by atoms with Gasteiger partial charge in [-0.05, 0) is 49.3 Å². The molecule has 5 rings (SSSR count). The normalized spacial score (nSPS) is 33.5. The van der Waals surface area contributed by atoms with Crippen LogP contribution in [0.1, 0.15) is 43.2 Å². The first kappa shape index (κ1) is 14.8. The predicted octanol–water partition coefficient (Wildman–Crippen LogP) is 3.29. The van der Waals surface area contributed by atoms with E-state index >= 15 is 0 Å². The summed E-state index contributed by atoms with van der Waals surface area (Å²) in [7, 11) is 0. The molecule has 0 aromatic heterocycles. The molecule has 2 amide bonds. The molecule has 1 aromatic carbocycles. The Balaban J connectivity index is 0.000000192. The number of amides is 2. The van der Waals surface area contributed by atoms with Gasteiger partial charge in [0.2, 0.25) is 0 Å². The van der Waals surface area contributed by atoms with Crippen LogP contribution in [0.2, 0.25) is 0 Å². The summed E-state index contributed by atoms with van der Waals surface area (Å²) in [6, 6.07) is 9.61. The third-order valence-electron chi connectivity index (χ3n) is 5.99. The average Bonchev–Trinajstić information content (AvgIpc) is 3.06. The van der Waals surface area contributed by atoms with Crippen molar-refractivity contribution in [2.75, 3.05) is 6.54 Å². The van der Waals surface area contributed by atoms with E-state index in [4.69, 9.17) is 0 Å². The monoisotopic (exact) mass is 309 g/mol. The van der Waals surface area contributed by atoms with Crippen LogP contribution in [0.4, 0.5) is 4.79 Å². The van der Waals surface area contributed by atoms with E-state index in [1.807, 2.05) is 0 Å². The number of benzene rings is 1. The molecule has 4 heteroatoms. The molecule has 4 nitrogen and oxygen atoms in total. The number of carbonyl (C=O) groups is 1. The van der Waals surface area contributed by atoms with Gasteiger partial charge in [0.1, 0.15) is 0 Å². The minimum absolute atomic E-state index is 0.407. The Hall–Kier alpha value is -1.81. The van der Waals surface area contributed by atoms with Gasteiger partial charge in [-0.2, -0.15) is 9.98 Å². The molecule has 2 fully saturated rings. The summed E-state index contributed by atoms with van der Waals surface area (Å²) in [4.78, 5) is 16.3. The average molecular weight is 309 g/mol. The number of carbonyl (C=O) groups excluding carboxylic acids is 1. The molecular formula is C19H23N3O. The Bertz CT molecular complexity index is 648. The van der Waals surface area contributed by atoms with Crippen molar-refractivity contribution in [3.8, 4) is 0 Å². The lowest BCUT2D eigenvalue weighted by Gasteiger charge is -2.56. The number of urea groups is 1. The van der Waals surface area contributed by atoms with Crippen molar-refractivity contribution in [1.29, 1.82) is 0 Å². The van der Waals surface area contributed by atoms with Gasteiger partial charge in [-0.25, -0.2) is 4.79 Å². The summed E-state index contributed by atoms with van der Waals surface area (Å²) >= 11 is 0. The van der Waals surface area contributed by atoms with Crippen LogP contribution >= 0.6 is 0 Å². The molecule has 1 saturated carbocycles. The molecule has 1 N–H and O–H groups in total. The van der Waals surface area contributed by atoms with Gasteiger partial charge in [0.25, 0.3) is 0 Å². The zero-order valence-electron chi connectivity index (χ0n) is 13.4. The van der Waals surface area contributed by atoms with Crippen LogP contribution in [0.25, 0.3) is 0 Å². The Labute approximate surface area is 137 Å². The van der Waals surface area contributed by atoms with Gasteiger partial charge < -0.3 is 5.32 Å². The zero-order chi connectivity index (χ0) is 15.7. The van der Waals surface area contributed by atoms with Crippen LogP contribution in [0.15, 0.2) is 34.3 Å². The maximum atomic E-state index is 9.85. The van der Waals surface area contributed by atoms with Gasteiger partial charge in [-0.3, -0.25) is 0 Å². The number of hydrogen-bond donors (Lipinski definition) is 1. The highest BCUT2D eigenvalue weighted by molar-refractivity contribution is 6.25. The first-order valence-corrected chi connectivity index (χ1v) is 8.72. The Morgan fingerprint density at radius 2 is 1.91 bits per heavy atom. The van der Waals surface area contributed by atoms with Gasteiger partial charge in [-0.1, -0.05) is 37.1 Å². The fourth-order valence-electron chi connectivity index (χ4n) is 5.12. The van der Waals surface area contributed by atoms with Gasteiger partial charge in [0.15, 0.2) is 0 Å². The molecule has 2 aliphatic carbocycles. The highest BCUT2D eigenvalue weighted by Crippen LogP contribution is 2.53. The lowest BCUT2D eigenvalue weighted by molar-refractivity contribution is 0.0798. The van der Waals surface area contributed by atoms with Crippen molar-refractivity contribution in [2.45, 2.75) is 50.0 Å². The molecule has 2 bridgehead atoms. The van der Waals surface area contributed by atoms with Gasteiger partial charge in [0.05, 0.1) is 12.4 Å². The molecule has 2 heterocycles. The molecule has 120 valence electrons. The molecular weight excluding hydrogens is 286 g/mol. The van der Waals surface area contributed by atoms with E-state index in [2.05, 4.69) is 39.6 Å². The molecule has 4 aliphatic rings. The number of piperidine rings is 1. The van der Waals surface area contributed by atoms with Crippen LogP contribution < -0.4 is 5.32 Å². The van der Waals surface area contributed by atoms with E-state index in [1.54, 1.807) is 11.1 Å². The summed E-state index contributed by atoms with van der Waals surface area (Å²) in [6.45, 7) is 1.23. The molecule has 3 atom stereocenters. The number of nitrogens with one attached hydrogen (secondary N) is 1. The van der Waals surface area contributed by atoms with Gasteiger partial charge in [0, 0.05) is 11.5 Å². The molecule has 0 unspecified atom stereocenters. The Morgan fingerprint density at radius 1 is 1.09 bits per heavy atom. The lowest BCUT2D eigenvalue weighted by Crippen LogP contribution is -2.59. The summed E-state index contributed by atoms with van der Waals surface area (Å²) < 4.78 is 0. The number of rotatable bonds is 0. The van der Waals surface area contributed by atoms with E-state index in [0.29, 0.717) is 5.41 Å².